The smallest absolute Gasteiger partial charge is 0.357 e. The molecular formula is C15H14ClN3O4. The van der Waals surface area contributed by atoms with E-state index < -0.39 is 11.0 Å². The summed E-state index contributed by atoms with van der Waals surface area (Å²) in [6.45, 7) is 0. The van der Waals surface area contributed by atoms with Gasteiger partial charge < -0.3 is 9.74 Å². The lowest BCUT2D eigenvalue weighted by atomic mass is 10.3. The molecule has 0 unspecified atom stereocenters. The third-order valence-electron chi connectivity index (χ3n) is 2.86. The number of amides is 2. The van der Waals surface area contributed by atoms with Crippen molar-refractivity contribution in [3.05, 3.63) is 63.7 Å². The number of nitro groups is 1. The minimum absolute atomic E-state index is 0.0340. The Morgan fingerprint density at radius 1 is 1.17 bits per heavy atom. The number of non-ortho nitro benzene ring substituents is 1. The van der Waals surface area contributed by atoms with Crippen LogP contribution in [0.1, 0.15) is 0 Å². The molecule has 2 aromatic rings. The van der Waals surface area contributed by atoms with Crippen LogP contribution >= 0.6 is 11.6 Å². The molecule has 0 bridgehead atoms. The van der Waals surface area contributed by atoms with Gasteiger partial charge in [0.25, 0.3) is 5.69 Å². The molecule has 0 atom stereocenters. The molecule has 23 heavy (non-hydrogen) atoms. The highest BCUT2D eigenvalue weighted by Crippen LogP contribution is 2.30. The summed E-state index contributed by atoms with van der Waals surface area (Å²) >= 11 is 6.01. The first kappa shape index (κ1) is 16.6. The predicted molar refractivity (Wildman–Crippen MR) is 86.7 cm³/mol. The fraction of sp³-hybridized carbons (Fsp3) is 0.133. The quantitative estimate of drug-likeness (QED) is 0.630. The third-order valence-corrected chi connectivity index (χ3v) is 3.16. The first-order chi connectivity index (χ1) is 10.9. The summed E-state index contributed by atoms with van der Waals surface area (Å²) < 4.78 is 0. The van der Waals surface area contributed by atoms with Crippen molar-refractivity contribution in [1.29, 1.82) is 0 Å². The second-order valence-corrected chi connectivity index (χ2v) is 5.18. The molecule has 0 saturated heterocycles. The molecule has 8 heteroatoms. The van der Waals surface area contributed by atoms with Gasteiger partial charge in [0.15, 0.2) is 5.75 Å². The van der Waals surface area contributed by atoms with Gasteiger partial charge in [-0.2, -0.15) is 0 Å². The lowest BCUT2D eigenvalue weighted by molar-refractivity contribution is -0.384. The van der Waals surface area contributed by atoms with E-state index in [2.05, 4.69) is 0 Å². The second-order valence-electron chi connectivity index (χ2n) is 4.77. The van der Waals surface area contributed by atoms with Crippen molar-refractivity contribution in [2.45, 2.75) is 0 Å². The topological polar surface area (TPSA) is 75.9 Å². The fourth-order valence-electron chi connectivity index (χ4n) is 1.72. The number of para-hydroxylation sites is 1. The molecule has 0 fully saturated rings. The Morgan fingerprint density at radius 2 is 1.83 bits per heavy atom. The lowest BCUT2D eigenvalue weighted by Crippen LogP contribution is -2.41. The van der Waals surface area contributed by atoms with Crippen LogP contribution in [0.25, 0.3) is 0 Å². The summed E-state index contributed by atoms with van der Waals surface area (Å²) in [5.74, 6) is 0.135. The first-order valence-corrected chi connectivity index (χ1v) is 6.96. The van der Waals surface area contributed by atoms with Crippen molar-refractivity contribution in [3.8, 4) is 5.75 Å². The van der Waals surface area contributed by atoms with Gasteiger partial charge in [-0.3, -0.25) is 10.1 Å². The molecule has 2 amide bonds. The van der Waals surface area contributed by atoms with Crippen molar-refractivity contribution in [2.24, 2.45) is 0 Å². The first-order valence-electron chi connectivity index (χ1n) is 6.58. The Balaban J connectivity index is 2.35. The van der Waals surface area contributed by atoms with E-state index in [1.807, 2.05) is 0 Å². The van der Waals surface area contributed by atoms with E-state index in [4.69, 9.17) is 16.4 Å². The van der Waals surface area contributed by atoms with Gasteiger partial charge in [-0.05, 0) is 18.2 Å². The SMILES string of the molecule is CN(C)C(=O)N(Oc1ccc([N+](=O)[O-])cc1Cl)c1ccccc1. The Bertz CT molecular complexity index is 722. The Kier molecular flexibility index (Phi) is 5.02. The maximum atomic E-state index is 12.3. The summed E-state index contributed by atoms with van der Waals surface area (Å²) in [6, 6.07) is 12.1. The van der Waals surface area contributed by atoms with Gasteiger partial charge in [0, 0.05) is 26.2 Å². The molecule has 7 nitrogen and oxygen atoms in total. The van der Waals surface area contributed by atoms with Crippen molar-refractivity contribution in [2.75, 3.05) is 19.2 Å². The number of nitro benzene ring substituents is 1. The van der Waals surface area contributed by atoms with Crippen molar-refractivity contribution >= 4 is 29.0 Å². The van der Waals surface area contributed by atoms with Crippen LogP contribution in [0.2, 0.25) is 5.02 Å². The van der Waals surface area contributed by atoms with Crippen LogP contribution in [0.5, 0.6) is 5.75 Å². The maximum Gasteiger partial charge on any atom is 0.357 e. The molecule has 0 saturated carbocycles. The van der Waals surface area contributed by atoms with Gasteiger partial charge in [0.2, 0.25) is 0 Å². The lowest BCUT2D eigenvalue weighted by Gasteiger charge is -2.25. The summed E-state index contributed by atoms with van der Waals surface area (Å²) in [6.07, 6.45) is 0. The number of halogens is 1. The zero-order valence-corrected chi connectivity index (χ0v) is 13.2. The molecule has 0 aliphatic rings. The molecule has 0 radical (unpaired) electrons. The largest absolute Gasteiger partial charge is 0.369 e. The number of benzene rings is 2. The number of hydroxylamine groups is 1. The molecule has 0 aliphatic carbocycles. The highest BCUT2D eigenvalue weighted by atomic mass is 35.5. The Hall–Kier alpha value is -2.80. The van der Waals surface area contributed by atoms with Gasteiger partial charge in [-0.15, -0.1) is 5.06 Å². The third kappa shape index (κ3) is 3.89. The summed E-state index contributed by atoms with van der Waals surface area (Å²) in [7, 11) is 3.16. The second kappa shape index (κ2) is 6.97. The standard InChI is InChI=1S/C15H14ClN3O4/c1-17(2)15(20)18(11-6-4-3-5-7-11)23-14-9-8-12(19(21)22)10-13(14)16/h3-10H,1-2H3. The summed E-state index contributed by atoms with van der Waals surface area (Å²) in [5.41, 5.74) is 0.341. The number of urea groups is 1. The average Bonchev–Trinajstić information content (AvgIpc) is 2.53. The number of anilines is 1. The summed E-state index contributed by atoms with van der Waals surface area (Å²) in [4.78, 5) is 29.4. The molecule has 0 N–H and O–H groups in total. The number of nitrogens with zero attached hydrogens (tertiary/aromatic N) is 3. The number of rotatable bonds is 4. The van der Waals surface area contributed by atoms with Gasteiger partial charge in [-0.25, -0.2) is 4.79 Å². The highest BCUT2D eigenvalue weighted by molar-refractivity contribution is 6.32. The van der Waals surface area contributed by atoms with Crippen LogP contribution in [0.4, 0.5) is 16.2 Å². The van der Waals surface area contributed by atoms with E-state index in [1.165, 1.54) is 23.1 Å². The zero-order chi connectivity index (χ0) is 17.0. The molecule has 0 aromatic heterocycles. The highest BCUT2D eigenvalue weighted by Gasteiger charge is 2.22. The maximum absolute atomic E-state index is 12.3. The van der Waals surface area contributed by atoms with Crippen LogP contribution in [0.15, 0.2) is 48.5 Å². The van der Waals surface area contributed by atoms with Crippen LogP contribution in [0.3, 0.4) is 0 Å². The van der Waals surface area contributed by atoms with Gasteiger partial charge in [0.1, 0.15) is 0 Å². The molecule has 0 heterocycles. The van der Waals surface area contributed by atoms with Crippen molar-refractivity contribution in [3.63, 3.8) is 0 Å². The molecule has 0 aliphatic heterocycles. The van der Waals surface area contributed by atoms with E-state index in [1.54, 1.807) is 44.4 Å². The minimum atomic E-state index is -0.560. The fourth-order valence-corrected chi connectivity index (χ4v) is 1.93. The number of carbonyl (C=O) groups excluding carboxylic acids is 1. The van der Waals surface area contributed by atoms with Crippen LogP contribution in [0, 0.1) is 10.1 Å². The van der Waals surface area contributed by atoms with Crippen LogP contribution in [-0.4, -0.2) is 29.9 Å². The molecule has 0 spiro atoms. The molecular weight excluding hydrogens is 322 g/mol. The van der Waals surface area contributed by atoms with E-state index >= 15 is 0 Å². The van der Waals surface area contributed by atoms with Crippen LogP contribution in [-0.2, 0) is 0 Å². The van der Waals surface area contributed by atoms with E-state index in [-0.39, 0.29) is 16.5 Å². The monoisotopic (exact) mass is 335 g/mol. The van der Waals surface area contributed by atoms with E-state index in [0.29, 0.717) is 5.69 Å². The number of carbonyl (C=O) groups is 1. The van der Waals surface area contributed by atoms with Gasteiger partial charge >= 0.3 is 6.03 Å². The predicted octanol–water partition coefficient (Wildman–Crippen LogP) is 3.73. The number of hydrogen-bond donors (Lipinski definition) is 0. The van der Waals surface area contributed by atoms with E-state index in [9.17, 15) is 14.9 Å². The summed E-state index contributed by atoms with van der Waals surface area (Å²) in [5, 5.41) is 11.8. The minimum Gasteiger partial charge on any atom is -0.369 e. The normalized spacial score (nSPS) is 10.0. The van der Waals surface area contributed by atoms with Crippen LogP contribution < -0.4 is 9.90 Å². The van der Waals surface area contributed by atoms with E-state index in [0.717, 1.165) is 5.06 Å². The Labute approximate surface area is 137 Å². The molecule has 2 aromatic carbocycles. The van der Waals surface area contributed by atoms with Crippen molar-refractivity contribution in [1.82, 2.24) is 4.90 Å². The number of hydrogen-bond acceptors (Lipinski definition) is 4. The molecule has 120 valence electrons. The molecule has 2 rings (SSSR count). The zero-order valence-electron chi connectivity index (χ0n) is 12.5. The van der Waals surface area contributed by atoms with Gasteiger partial charge in [0.05, 0.1) is 15.6 Å². The van der Waals surface area contributed by atoms with Crippen molar-refractivity contribution < 1.29 is 14.6 Å². The Morgan fingerprint density at radius 3 is 2.35 bits per heavy atom. The average molecular weight is 336 g/mol. The van der Waals surface area contributed by atoms with Gasteiger partial charge in [-0.1, -0.05) is 29.8 Å².